The van der Waals surface area contributed by atoms with Gasteiger partial charge in [0.1, 0.15) is 0 Å². The molecule has 4 heteroatoms. The van der Waals surface area contributed by atoms with Gasteiger partial charge in [0.15, 0.2) is 23.0 Å². The van der Waals surface area contributed by atoms with Crippen LogP contribution in [0.25, 0.3) is 0 Å². The smallest absolute Gasteiger partial charge is 0.164 e. The molecule has 0 bridgehead atoms. The van der Waals surface area contributed by atoms with Crippen LogP contribution in [0.5, 0.6) is 0 Å². The highest BCUT2D eigenvalue weighted by Gasteiger charge is 2.75. The zero-order chi connectivity index (χ0) is 25.1. The van der Waals surface area contributed by atoms with Crippen molar-refractivity contribution in [2.24, 2.45) is 28.6 Å². The van der Waals surface area contributed by atoms with Crippen LogP contribution in [0.1, 0.15) is 87.6 Å². The van der Waals surface area contributed by atoms with E-state index in [4.69, 9.17) is 17.7 Å². The van der Waals surface area contributed by atoms with Gasteiger partial charge in [-0.15, -0.1) is 0 Å². The van der Waals surface area contributed by atoms with Crippen LogP contribution in [0.15, 0.2) is 11.6 Å². The molecule has 0 N–H and O–H groups in total. The van der Waals surface area contributed by atoms with E-state index in [1.165, 1.54) is 12.5 Å². The van der Waals surface area contributed by atoms with E-state index in [-0.39, 0.29) is 28.8 Å². The number of carbonyl (C=O) groups is 2. The Bertz CT molecular complexity index is 955. The topological polar surface area (TPSA) is 52.6 Å². The Labute approximate surface area is 176 Å². The third-order valence-electron chi connectivity index (χ3n) is 9.26. The lowest BCUT2D eigenvalue weighted by atomic mass is 9.46. The Morgan fingerprint density at radius 2 is 1.96 bits per heavy atom. The molecule has 0 aromatic rings. The standard InChI is InChI=1S/C24H34O4/c1-14(25)24-20(27-21(2,3)28-24)13-19-17-7-6-15-12-16(26)8-10-22(15,4)18(17)9-11-23(19,24)5/h12,17-20H,6-11,13H2,1-5H3/t17-,18+,19+,20-,22+,23+,24-/m1/s1/i2D3,3D3. The molecule has 1 heterocycles. The van der Waals surface area contributed by atoms with Crippen LogP contribution in [0.2, 0.25) is 0 Å². The van der Waals surface area contributed by atoms with Gasteiger partial charge in [0.25, 0.3) is 0 Å². The third-order valence-corrected chi connectivity index (χ3v) is 9.26. The van der Waals surface area contributed by atoms with E-state index in [9.17, 15) is 9.59 Å². The molecule has 1 aliphatic heterocycles. The van der Waals surface area contributed by atoms with Crippen molar-refractivity contribution < 1.29 is 27.3 Å². The molecule has 4 nitrogen and oxygen atoms in total. The van der Waals surface area contributed by atoms with Crippen molar-refractivity contribution in [3.63, 3.8) is 0 Å². The number of ether oxygens (including phenoxy) is 2. The van der Waals surface area contributed by atoms with Gasteiger partial charge in [-0.1, -0.05) is 19.4 Å². The van der Waals surface area contributed by atoms with Gasteiger partial charge in [-0.25, -0.2) is 0 Å². The summed E-state index contributed by atoms with van der Waals surface area (Å²) in [6, 6.07) is 0. The van der Waals surface area contributed by atoms with Crippen molar-refractivity contribution in [1.29, 1.82) is 0 Å². The van der Waals surface area contributed by atoms with Crippen molar-refractivity contribution in [1.82, 2.24) is 0 Å². The second-order valence-corrected chi connectivity index (χ2v) is 10.3. The number of fused-ring (bicyclic) bond motifs is 7. The molecule has 3 saturated carbocycles. The molecule has 7 atom stereocenters. The fourth-order valence-corrected chi connectivity index (χ4v) is 8.00. The van der Waals surface area contributed by atoms with Gasteiger partial charge in [-0.2, -0.15) is 0 Å². The van der Waals surface area contributed by atoms with Gasteiger partial charge < -0.3 is 9.47 Å². The Kier molecular flexibility index (Phi) is 2.65. The minimum atomic E-state index is -3.08. The van der Waals surface area contributed by atoms with Crippen LogP contribution in [0.4, 0.5) is 0 Å². The average molecular weight is 393 g/mol. The fraction of sp³-hybridized carbons (Fsp3) is 0.833. The van der Waals surface area contributed by atoms with Gasteiger partial charge in [-0.05, 0) is 88.4 Å². The number of carbonyl (C=O) groups excluding carboxylic acids is 2. The third kappa shape index (κ3) is 2.14. The molecule has 4 fully saturated rings. The van der Waals surface area contributed by atoms with E-state index in [0.717, 1.165) is 25.7 Å². The molecule has 5 aliphatic rings. The number of hydrogen-bond acceptors (Lipinski definition) is 4. The molecule has 0 amide bonds. The second kappa shape index (κ2) is 5.57. The molecular weight excluding hydrogens is 352 g/mol. The summed E-state index contributed by atoms with van der Waals surface area (Å²) in [6.07, 6.45) is 5.88. The van der Waals surface area contributed by atoms with Gasteiger partial charge in [0.05, 0.1) is 6.10 Å². The fourth-order valence-electron chi connectivity index (χ4n) is 8.00. The van der Waals surface area contributed by atoms with Crippen LogP contribution < -0.4 is 0 Å². The lowest BCUT2D eigenvalue weighted by Gasteiger charge is -2.59. The zero-order valence-corrected chi connectivity index (χ0v) is 17.0. The highest BCUT2D eigenvalue weighted by molar-refractivity contribution is 5.91. The zero-order valence-electron chi connectivity index (χ0n) is 23.0. The quantitative estimate of drug-likeness (QED) is 0.654. The first-order valence-electron chi connectivity index (χ1n) is 13.7. The van der Waals surface area contributed by atoms with E-state index >= 15 is 0 Å². The minimum absolute atomic E-state index is 0.0438. The molecule has 4 aliphatic carbocycles. The maximum atomic E-state index is 13.3. The largest absolute Gasteiger partial charge is 0.344 e. The Balaban J connectivity index is 1.56. The van der Waals surface area contributed by atoms with Gasteiger partial charge >= 0.3 is 0 Å². The summed E-state index contributed by atoms with van der Waals surface area (Å²) in [6.45, 7) is -0.545. The summed E-state index contributed by atoms with van der Waals surface area (Å²) >= 11 is 0. The van der Waals surface area contributed by atoms with Gasteiger partial charge in [-0.3, -0.25) is 9.59 Å². The molecule has 154 valence electrons. The molecule has 1 saturated heterocycles. The van der Waals surface area contributed by atoms with Crippen LogP contribution >= 0.6 is 0 Å². The summed E-state index contributed by atoms with van der Waals surface area (Å²) in [4.78, 5) is 25.4. The number of allylic oxidation sites excluding steroid dienone is 1. The summed E-state index contributed by atoms with van der Waals surface area (Å²) < 4.78 is 60.0. The number of ketones is 2. The number of hydrogen-bond donors (Lipinski definition) is 0. The number of rotatable bonds is 1. The van der Waals surface area contributed by atoms with Crippen LogP contribution in [0, 0.1) is 28.6 Å². The SMILES string of the molecule is [2H]C([2H])([2H])C1(C([2H])([2H])[2H])O[C@@H]2C[C@H]3[C@@H]4CCC5=CC(=O)CC[C@]5(C)[C@H]4CC[C@]3(C)[C@]2(C(C)=O)O1. The molecule has 0 spiro atoms. The predicted molar refractivity (Wildman–Crippen MR) is 106 cm³/mol. The lowest BCUT2D eigenvalue weighted by Crippen LogP contribution is -2.59. The van der Waals surface area contributed by atoms with Crippen LogP contribution in [-0.2, 0) is 19.1 Å². The summed E-state index contributed by atoms with van der Waals surface area (Å²) in [5, 5.41) is 0. The van der Waals surface area contributed by atoms with Crippen molar-refractivity contribution in [3.05, 3.63) is 11.6 Å². The molecule has 5 rings (SSSR count). The molecular formula is C24H34O4. The van der Waals surface area contributed by atoms with Gasteiger partial charge in [0.2, 0.25) is 0 Å². The minimum Gasteiger partial charge on any atom is -0.344 e. The maximum absolute atomic E-state index is 13.3. The van der Waals surface area contributed by atoms with E-state index in [1.807, 2.05) is 13.0 Å². The van der Waals surface area contributed by atoms with Crippen LogP contribution in [-0.4, -0.2) is 29.1 Å². The first kappa shape index (κ1) is 13.3. The lowest BCUT2D eigenvalue weighted by molar-refractivity contribution is -0.214. The average Bonchev–Trinajstić information content (AvgIpc) is 3.19. The van der Waals surface area contributed by atoms with Crippen LogP contribution in [0.3, 0.4) is 0 Å². The highest BCUT2D eigenvalue weighted by atomic mass is 16.8. The molecule has 28 heavy (non-hydrogen) atoms. The number of Topliss-reactive ketones (excluding diaryl/α,β-unsaturated/α-hetero) is 1. The van der Waals surface area contributed by atoms with E-state index in [2.05, 4.69) is 6.92 Å². The van der Waals surface area contributed by atoms with Crippen molar-refractivity contribution in [3.8, 4) is 0 Å². The highest BCUT2D eigenvalue weighted by Crippen LogP contribution is 2.70. The molecule has 0 aromatic heterocycles. The Morgan fingerprint density at radius 3 is 2.68 bits per heavy atom. The predicted octanol–water partition coefficient (Wildman–Crippen LogP) is 4.61. The first-order chi connectivity index (χ1) is 15.5. The Morgan fingerprint density at radius 1 is 1.18 bits per heavy atom. The summed E-state index contributed by atoms with van der Waals surface area (Å²) in [5.41, 5.74) is -1.15. The van der Waals surface area contributed by atoms with E-state index in [0.29, 0.717) is 25.2 Å². The van der Waals surface area contributed by atoms with Crippen molar-refractivity contribution >= 4 is 11.6 Å². The summed E-state index contributed by atoms with van der Waals surface area (Å²) in [5.74, 6) is -2.30. The first-order valence-corrected chi connectivity index (χ1v) is 10.7. The van der Waals surface area contributed by atoms with E-state index in [1.54, 1.807) is 0 Å². The van der Waals surface area contributed by atoms with Crippen molar-refractivity contribution in [2.75, 3.05) is 0 Å². The normalized spacial score (nSPS) is 55.7. The molecule has 0 unspecified atom stereocenters. The van der Waals surface area contributed by atoms with Crippen molar-refractivity contribution in [2.45, 2.75) is 96.9 Å². The van der Waals surface area contributed by atoms with Gasteiger partial charge in [0, 0.05) is 20.1 Å². The monoisotopic (exact) mass is 392 g/mol. The van der Waals surface area contributed by atoms with E-state index < -0.39 is 36.6 Å². The second-order valence-electron chi connectivity index (χ2n) is 10.3. The molecule has 0 radical (unpaired) electrons. The summed E-state index contributed by atoms with van der Waals surface area (Å²) in [7, 11) is 0. The maximum Gasteiger partial charge on any atom is 0.164 e. The molecule has 0 aromatic carbocycles. The Hall–Kier alpha value is -1.00.